The molecule has 1 aliphatic heterocycles. The molecule has 0 bridgehead atoms. The number of rotatable bonds is 6. The third-order valence-electron chi connectivity index (χ3n) is 6.50. The second-order valence-corrected chi connectivity index (χ2v) is 9.83. The Morgan fingerprint density at radius 1 is 1.15 bits per heavy atom. The number of aromatic nitrogens is 4. The van der Waals surface area contributed by atoms with Crippen LogP contribution in [0.15, 0.2) is 36.8 Å². The van der Waals surface area contributed by atoms with Crippen molar-refractivity contribution < 1.29 is 9.90 Å². The lowest BCUT2D eigenvalue weighted by molar-refractivity contribution is 0.00645. The number of hydrogen-bond donors (Lipinski definition) is 1. The highest BCUT2D eigenvalue weighted by Gasteiger charge is 2.31. The van der Waals surface area contributed by atoms with Crippen molar-refractivity contribution >= 4 is 23.2 Å². The number of carbonyl (C=O) groups excluding carboxylic acids is 1. The smallest absolute Gasteiger partial charge is 0.170 e. The minimum atomic E-state index is -0.645. The monoisotopic (exact) mass is 467 g/mol. The van der Waals surface area contributed by atoms with Crippen LogP contribution in [0.5, 0.6) is 0 Å². The zero-order valence-electron chi connectivity index (χ0n) is 19.5. The molecule has 7 nitrogen and oxygen atoms in total. The van der Waals surface area contributed by atoms with Crippen LogP contribution in [0.1, 0.15) is 53.9 Å². The summed E-state index contributed by atoms with van der Waals surface area (Å²) < 4.78 is 1.65. The lowest BCUT2D eigenvalue weighted by atomic mass is 9.83. The minimum Gasteiger partial charge on any atom is -0.390 e. The van der Waals surface area contributed by atoms with Gasteiger partial charge in [0.25, 0.3) is 0 Å². The number of ketones is 1. The van der Waals surface area contributed by atoms with Gasteiger partial charge < -0.3 is 10.0 Å². The Hall–Kier alpha value is -2.77. The van der Waals surface area contributed by atoms with Gasteiger partial charge in [-0.25, -0.2) is 14.6 Å². The van der Waals surface area contributed by atoms with E-state index in [0.717, 1.165) is 48.6 Å². The van der Waals surface area contributed by atoms with Crippen LogP contribution in [0.3, 0.4) is 0 Å². The maximum absolute atomic E-state index is 13.0. The highest BCUT2D eigenvalue weighted by atomic mass is 35.5. The molecule has 1 N–H and O–H groups in total. The van der Waals surface area contributed by atoms with E-state index in [4.69, 9.17) is 11.6 Å². The fourth-order valence-corrected chi connectivity index (χ4v) is 4.65. The number of piperidine rings is 1. The Morgan fingerprint density at radius 3 is 2.48 bits per heavy atom. The van der Waals surface area contributed by atoms with Crippen molar-refractivity contribution in [3.05, 3.63) is 64.2 Å². The van der Waals surface area contributed by atoms with Crippen LogP contribution in [-0.4, -0.2) is 49.3 Å². The van der Waals surface area contributed by atoms with Crippen molar-refractivity contribution in [1.29, 1.82) is 0 Å². The second kappa shape index (κ2) is 9.23. The first kappa shape index (κ1) is 23.4. The summed E-state index contributed by atoms with van der Waals surface area (Å²) in [4.78, 5) is 24.2. The van der Waals surface area contributed by atoms with Crippen LogP contribution < -0.4 is 4.90 Å². The molecule has 0 unspecified atom stereocenters. The van der Waals surface area contributed by atoms with Crippen LogP contribution in [0.2, 0.25) is 5.02 Å². The van der Waals surface area contributed by atoms with Gasteiger partial charge in [0.1, 0.15) is 5.82 Å². The van der Waals surface area contributed by atoms with Crippen LogP contribution >= 0.6 is 11.6 Å². The van der Waals surface area contributed by atoms with Gasteiger partial charge in [-0.3, -0.25) is 4.79 Å². The number of aryl methyl sites for hydroxylation is 1. The number of Topliss-reactive ketones (excluding diaryl/α,β-unsaturated/α-hetero) is 1. The van der Waals surface area contributed by atoms with E-state index in [1.165, 1.54) is 0 Å². The van der Waals surface area contributed by atoms with Gasteiger partial charge in [-0.15, -0.1) is 0 Å². The Kier molecular flexibility index (Phi) is 6.54. The molecular formula is C25H30ClN5O2. The topological polar surface area (TPSA) is 84.1 Å². The van der Waals surface area contributed by atoms with E-state index in [9.17, 15) is 9.90 Å². The molecule has 0 saturated carbocycles. The fourth-order valence-electron chi connectivity index (χ4n) is 4.54. The molecule has 4 heterocycles. The Labute approximate surface area is 199 Å². The molecule has 1 aliphatic rings. The predicted molar refractivity (Wildman–Crippen MR) is 129 cm³/mol. The summed E-state index contributed by atoms with van der Waals surface area (Å²) >= 11 is 5.92. The van der Waals surface area contributed by atoms with E-state index in [1.807, 2.05) is 33.8 Å². The number of nitrogens with zero attached hydrogens (tertiary/aromatic N) is 5. The first-order chi connectivity index (χ1) is 15.6. The molecule has 33 heavy (non-hydrogen) atoms. The molecule has 0 aliphatic carbocycles. The summed E-state index contributed by atoms with van der Waals surface area (Å²) in [5.74, 6) is 1.87. The first-order valence-electron chi connectivity index (χ1n) is 11.3. The molecule has 0 aromatic carbocycles. The van der Waals surface area contributed by atoms with E-state index in [-0.39, 0.29) is 12.2 Å². The van der Waals surface area contributed by atoms with E-state index < -0.39 is 5.60 Å². The number of carbonyl (C=O) groups is 1. The van der Waals surface area contributed by atoms with Crippen LogP contribution in [0, 0.1) is 19.8 Å². The minimum absolute atomic E-state index is 0.00680. The molecular weight excluding hydrogens is 438 g/mol. The standard InChI is InChI=1S/C25H30ClN5O2/c1-16-11-18(13-28-24(16)30-9-7-19(8-10-30)25(3,4)33)12-22(32)21-15-29-31(17(21)2)23-6-5-20(26)14-27-23/h5-6,11,13-15,19,33H,7-10,12H2,1-4H3. The van der Waals surface area contributed by atoms with Crippen molar-refractivity contribution in [1.82, 2.24) is 19.7 Å². The molecule has 0 radical (unpaired) electrons. The van der Waals surface area contributed by atoms with Crippen LogP contribution in [0.4, 0.5) is 5.82 Å². The van der Waals surface area contributed by atoms with Gasteiger partial charge in [0.2, 0.25) is 0 Å². The number of halogens is 1. The first-order valence-corrected chi connectivity index (χ1v) is 11.6. The quantitative estimate of drug-likeness (QED) is 0.543. The number of pyridine rings is 2. The Balaban J connectivity index is 1.44. The van der Waals surface area contributed by atoms with Gasteiger partial charge in [-0.2, -0.15) is 5.10 Å². The van der Waals surface area contributed by atoms with Crippen molar-refractivity contribution in [3.8, 4) is 5.82 Å². The van der Waals surface area contributed by atoms with Gasteiger partial charge in [0.15, 0.2) is 11.6 Å². The lowest BCUT2D eigenvalue weighted by Gasteiger charge is -2.38. The summed E-state index contributed by atoms with van der Waals surface area (Å²) in [6.07, 6.45) is 7.09. The molecule has 0 atom stereocenters. The average molecular weight is 468 g/mol. The molecule has 4 rings (SSSR count). The summed E-state index contributed by atoms with van der Waals surface area (Å²) in [6, 6.07) is 5.56. The third-order valence-corrected chi connectivity index (χ3v) is 6.73. The maximum Gasteiger partial charge on any atom is 0.170 e. The summed E-state index contributed by atoms with van der Waals surface area (Å²) in [5.41, 5.74) is 2.60. The number of anilines is 1. The van der Waals surface area contributed by atoms with Gasteiger partial charge >= 0.3 is 0 Å². The summed E-state index contributed by atoms with van der Waals surface area (Å²) in [7, 11) is 0. The van der Waals surface area contributed by atoms with Crippen molar-refractivity contribution in [2.45, 2.75) is 52.6 Å². The Morgan fingerprint density at radius 2 is 1.88 bits per heavy atom. The summed E-state index contributed by atoms with van der Waals surface area (Å²) in [6.45, 7) is 9.42. The number of hydrogen-bond acceptors (Lipinski definition) is 6. The molecule has 1 fully saturated rings. The Bertz CT molecular complexity index is 1140. The number of aliphatic hydroxyl groups is 1. The second-order valence-electron chi connectivity index (χ2n) is 9.39. The molecule has 174 valence electrons. The van der Waals surface area contributed by atoms with Crippen LogP contribution in [0.25, 0.3) is 5.82 Å². The molecule has 3 aromatic rings. The highest BCUT2D eigenvalue weighted by Crippen LogP contribution is 2.31. The fraction of sp³-hybridized carbons (Fsp3) is 0.440. The van der Waals surface area contributed by atoms with E-state index >= 15 is 0 Å². The average Bonchev–Trinajstić information content (AvgIpc) is 3.15. The van der Waals surface area contributed by atoms with Gasteiger partial charge in [0, 0.05) is 31.9 Å². The molecule has 3 aromatic heterocycles. The largest absolute Gasteiger partial charge is 0.390 e. The van der Waals surface area contributed by atoms with E-state index in [0.29, 0.717) is 22.3 Å². The van der Waals surface area contributed by atoms with Gasteiger partial charge in [0.05, 0.1) is 28.1 Å². The van der Waals surface area contributed by atoms with Crippen LogP contribution in [-0.2, 0) is 6.42 Å². The molecule has 0 amide bonds. The zero-order valence-corrected chi connectivity index (χ0v) is 20.3. The molecule has 1 saturated heterocycles. The molecule has 0 spiro atoms. The van der Waals surface area contributed by atoms with Crippen molar-refractivity contribution in [2.24, 2.45) is 5.92 Å². The maximum atomic E-state index is 13.0. The normalized spacial score (nSPS) is 15.2. The van der Waals surface area contributed by atoms with Crippen molar-refractivity contribution in [3.63, 3.8) is 0 Å². The third kappa shape index (κ3) is 5.09. The zero-order chi connectivity index (χ0) is 23.8. The molecule has 8 heteroatoms. The predicted octanol–water partition coefficient (Wildman–Crippen LogP) is 4.35. The SMILES string of the molecule is Cc1cc(CC(=O)c2cnn(-c3ccc(Cl)cn3)c2C)cnc1N1CCC(C(C)(C)O)CC1. The highest BCUT2D eigenvalue weighted by molar-refractivity contribution is 6.30. The van der Waals surface area contributed by atoms with E-state index in [2.05, 4.69) is 20.0 Å². The lowest BCUT2D eigenvalue weighted by Crippen LogP contribution is -2.42. The van der Waals surface area contributed by atoms with Gasteiger partial charge in [-0.1, -0.05) is 17.7 Å². The summed E-state index contributed by atoms with van der Waals surface area (Å²) in [5, 5.41) is 15.2. The van der Waals surface area contributed by atoms with Crippen molar-refractivity contribution in [2.75, 3.05) is 18.0 Å². The van der Waals surface area contributed by atoms with Gasteiger partial charge in [-0.05, 0) is 69.7 Å². The van der Waals surface area contributed by atoms with E-state index in [1.54, 1.807) is 35.4 Å².